The molecule has 0 aliphatic heterocycles. The zero-order chi connectivity index (χ0) is 21.5. The number of nitrogens with zero attached hydrogens (tertiary/aromatic N) is 1. The number of halogens is 1. The fraction of sp³-hybridized carbons (Fsp3) is 0.471. The van der Waals surface area contributed by atoms with E-state index in [2.05, 4.69) is 10.6 Å². The maximum Gasteiger partial charge on any atom is 0.341 e. The van der Waals surface area contributed by atoms with Crippen molar-refractivity contribution in [3.8, 4) is 0 Å². The van der Waals surface area contributed by atoms with E-state index in [0.29, 0.717) is 6.54 Å². The van der Waals surface area contributed by atoms with Crippen molar-refractivity contribution >= 4 is 27.8 Å². The number of carbonyl (C=O) groups excluding carboxylic acids is 3. The van der Waals surface area contributed by atoms with Gasteiger partial charge < -0.3 is 15.4 Å². The van der Waals surface area contributed by atoms with Gasteiger partial charge in [0.15, 0.2) is 6.61 Å². The first-order valence-corrected chi connectivity index (χ1v) is 9.91. The molecule has 0 heterocycles. The molecule has 9 nitrogen and oxygen atoms in total. The predicted octanol–water partition coefficient (Wildman–Crippen LogP) is 0.264. The van der Waals surface area contributed by atoms with Crippen molar-refractivity contribution in [1.82, 2.24) is 14.9 Å². The van der Waals surface area contributed by atoms with E-state index in [1.807, 2.05) is 6.92 Å². The van der Waals surface area contributed by atoms with E-state index in [-0.39, 0.29) is 4.90 Å². The van der Waals surface area contributed by atoms with Crippen LogP contribution in [0.5, 0.6) is 0 Å². The van der Waals surface area contributed by atoms with Crippen LogP contribution in [0.25, 0.3) is 0 Å². The van der Waals surface area contributed by atoms with E-state index in [4.69, 9.17) is 4.74 Å². The van der Waals surface area contributed by atoms with Gasteiger partial charge in [0.05, 0.1) is 10.5 Å². The smallest absolute Gasteiger partial charge is 0.341 e. The fourth-order valence-electron chi connectivity index (χ4n) is 1.99. The SMILES string of the molecule is CCCNC(=O)[C@H](C)NC(=O)COC(=O)c1cc(S(=O)(=O)N(C)C)ccc1F. The number of hydrogen-bond donors (Lipinski definition) is 2. The molecule has 0 aliphatic rings. The van der Waals surface area contributed by atoms with Crippen molar-refractivity contribution in [3.05, 3.63) is 29.6 Å². The first-order chi connectivity index (χ1) is 13.0. The van der Waals surface area contributed by atoms with Crippen molar-refractivity contribution in [1.29, 1.82) is 0 Å². The first kappa shape index (κ1) is 23.5. The molecule has 1 rings (SSSR count). The van der Waals surface area contributed by atoms with Gasteiger partial charge in [-0.2, -0.15) is 0 Å². The molecule has 28 heavy (non-hydrogen) atoms. The number of ether oxygens (including phenoxy) is 1. The Balaban J connectivity index is 2.76. The van der Waals surface area contributed by atoms with Gasteiger partial charge in [0.25, 0.3) is 5.91 Å². The number of esters is 1. The summed E-state index contributed by atoms with van der Waals surface area (Å²) in [5.41, 5.74) is -0.621. The third-order valence-electron chi connectivity index (χ3n) is 3.59. The summed E-state index contributed by atoms with van der Waals surface area (Å²) < 4.78 is 43.7. The van der Waals surface area contributed by atoms with Crippen LogP contribution >= 0.6 is 0 Å². The molecule has 0 radical (unpaired) electrons. The summed E-state index contributed by atoms with van der Waals surface area (Å²) in [6.07, 6.45) is 0.734. The quantitative estimate of drug-likeness (QED) is 0.556. The molecule has 0 bridgehead atoms. The van der Waals surface area contributed by atoms with E-state index in [1.54, 1.807) is 0 Å². The highest BCUT2D eigenvalue weighted by atomic mass is 32.2. The molecular weight excluding hydrogens is 393 g/mol. The molecule has 0 spiro atoms. The highest BCUT2D eigenvalue weighted by Gasteiger charge is 2.23. The van der Waals surface area contributed by atoms with Crippen LogP contribution in [0.4, 0.5) is 4.39 Å². The molecule has 0 saturated carbocycles. The molecule has 0 fully saturated rings. The maximum atomic E-state index is 13.9. The molecule has 1 aromatic rings. The molecule has 2 amide bonds. The van der Waals surface area contributed by atoms with E-state index in [1.165, 1.54) is 21.0 Å². The first-order valence-electron chi connectivity index (χ1n) is 8.47. The summed E-state index contributed by atoms with van der Waals surface area (Å²) in [5.74, 6) is -3.35. The number of carbonyl (C=O) groups is 3. The summed E-state index contributed by atoms with van der Waals surface area (Å²) in [4.78, 5) is 35.2. The van der Waals surface area contributed by atoms with Crippen molar-refractivity contribution in [2.75, 3.05) is 27.2 Å². The lowest BCUT2D eigenvalue weighted by Gasteiger charge is -2.14. The van der Waals surface area contributed by atoms with Crippen LogP contribution in [-0.2, 0) is 24.3 Å². The Morgan fingerprint density at radius 1 is 1.25 bits per heavy atom. The lowest BCUT2D eigenvalue weighted by atomic mass is 10.2. The van der Waals surface area contributed by atoms with Gasteiger partial charge in [0, 0.05) is 20.6 Å². The monoisotopic (exact) mass is 417 g/mol. The second kappa shape index (κ2) is 10.1. The number of hydrogen-bond acceptors (Lipinski definition) is 6. The number of benzene rings is 1. The van der Waals surface area contributed by atoms with Gasteiger partial charge in [-0.1, -0.05) is 6.92 Å². The lowest BCUT2D eigenvalue weighted by molar-refractivity contribution is -0.130. The van der Waals surface area contributed by atoms with Crippen LogP contribution in [0.3, 0.4) is 0 Å². The number of sulfonamides is 1. The van der Waals surface area contributed by atoms with Crippen molar-refractivity contribution < 1.29 is 31.9 Å². The molecule has 11 heteroatoms. The zero-order valence-electron chi connectivity index (χ0n) is 16.1. The molecule has 0 aromatic heterocycles. The zero-order valence-corrected chi connectivity index (χ0v) is 16.9. The summed E-state index contributed by atoms with van der Waals surface area (Å²) in [6.45, 7) is 3.04. The van der Waals surface area contributed by atoms with Crippen LogP contribution in [0.2, 0.25) is 0 Å². The predicted molar refractivity (Wildman–Crippen MR) is 98.5 cm³/mol. The Kier molecular flexibility index (Phi) is 8.51. The van der Waals surface area contributed by atoms with E-state index < -0.39 is 51.8 Å². The molecule has 0 unspecified atom stereocenters. The summed E-state index contributed by atoms with van der Waals surface area (Å²) >= 11 is 0. The minimum Gasteiger partial charge on any atom is -0.452 e. The average Bonchev–Trinajstić information content (AvgIpc) is 2.63. The normalized spacial score (nSPS) is 12.4. The highest BCUT2D eigenvalue weighted by Crippen LogP contribution is 2.18. The Bertz CT molecular complexity index is 841. The minimum absolute atomic E-state index is 0.295. The molecule has 156 valence electrons. The van der Waals surface area contributed by atoms with Crippen LogP contribution in [0.1, 0.15) is 30.6 Å². The van der Waals surface area contributed by atoms with Crippen LogP contribution in [-0.4, -0.2) is 63.8 Å². The maximum absolute atomic E-state index is 13.9. The van der Waals surface area contributed by atoms with Crippen LogP contribution in [0, 0.1) is 5.82 Å². The standard InChI is InChI=1S/C17H24FN3O6S/c1-5-8-19-16(23)11(2)20-15(22)10-27-17(24)13-9-12(6-7-14(13)18)28(25,26)21(3)4/h6-7,9,11H,5,8,10H2,1-4H3,(H,19,23)(H,20,22)/t11-/m0/s1. The number of rotatable bonds is 9. The third kappa shape index (κ3) is 6.27. The second-order valence-corrected chi connectivity index (χ2v) is 8.24. The lowest BCUT2D eigenvalue weighted by Crippen LogP contribution is -2.46. The third-order valence-corrected chi connectivity index (χ3v) is 5.40. The summed E-state index contributed by atoms with van der Waals surface area (Å²) in [5, 5.41) is 4.93. The molecule has 1 atom stereocenters. The Morgan fingerprint density at radius 3 is 2.46 bits per heavy atom. The molecule has 0 saturated heterocycles. The number of nitrogens with one attached hydrogen (secondary N) is 2. The summed E-state index contributed by atoms with van der Waals surface area (Å²) in [6, 6.07) is 1.84. The number of amides is 2. The highest BCUT2D eigenvalue weighted by molar-refractivity contribution is 7.89. The van der Waals surface area contributed by atoms with Gasteiger partial charge in [0.2, 0.25) is 15.9 Å². The molecule has 1 aromatic carbocycles. The Morgan fingerprint density at radius 2 is 1.89 bits per heavy atom. The topological polar surface area (TPSA) is 122 Å². The minimum atomic E-state index is -3.88. The Labute approximate surface area is 163 Å². The van der Waals surface area contributed by atoms with Crippen LogP contribution in [0.15, 0.2) is 23.1 Å². The largest absolute Gasteiger partial charge is 0.452 e. The van der Waals surface area contributed by atoms with Gasteiger partial charge in [-0.25, -0.2) is 21.9 Å². The fourth-order valence-corrected chi connectivity index (χ4v) is 2.92. The van der Waals surface area contributed by atoms with Gasteiger partial charge in [-0.05, 0) is 31.5 Å². The van der Waals surface area contributed by atoms with Crippen molar-refractivity contribution in [2.45, 2.75) is 31.2 Å². The summed E-state index contributed by atoms with van der Waals surface area (Å²) in [7, 11) is -1.30. The van der Waals surface area contributed by atoms with E-state index in [9.17, 15) is 27.2 Å². The second-order valence-electron chi connectivity index (χ2n) is 6.09. The van der Waals surface area contributed by atoms with Crippen molar-refractivity contribution in [3.63, 3.8) is 0 Å². The molecule has 2 N–H and O–H groups in total. The molecule has 0 aliphatic carbocycles. The average molecular weight is 417 g/mol. The van der Waals surface area contributed by atoms with E-state index >= 15 is 0 Å². The van der Waals surface area contributed by atoms with Gasteiger partial charge >= 0.3 is 5.97 Å². The molecular formula is C17H24FN3O6S. The van der Waals surface area contributed by atoms with Gasteiger partial charge in [0.1, 0.15) is 11.9 Å². The van der Waals surface area contributed by atoms with Crippen LogP contribution < -0.4 is 10.6 Å². The van der Waals surface area contributed by atoms with Gasteiger partial charge in [-0.3, -0.25) is 9.59 Å². The Hall–Kier alpha value is -2.53. The van der Waals surface area contributed by atoms with Gasteiger partial charge in [-0.15, -0.1) is 0 Å². The van der Waals surface area contributed by atoms with E-state index in [0.717, 1.165) is 28.9 Å². The van der Waals surface area contributed by atoms with Crippen molar-refractivity contribution in [2.24, 2.45) is 0 Å².